The second-order valence-corrected chi connectivity index (χ2v) is 3.45. The van der Waals surface area contributed by atoms with Crippen molar-refractivity contribution < 1.29 is 4.74 Å². The summed E-state index contributed by atoms with van der Waals surface area (Å²) in [6.45, 7) is 2.06. The molecular weight excluding hydrogens is 228 g/mol. The summed E-state index contributed by atoms with van der Waals surface area (Å²) < 4.78 is 5.26. The summed E-state index contributed by atoms with van der Waals surface area (Å²) in [5, 5.41) is 0.865. The van der Waals surface area contributed by atoms with E-state index < -0.39 is 0 Å². The lowest BCUT2D eigenvalue weighted by atomic mass is 10.1. The Morgan fingerprint density at radius 2 is 2.23 bits per heavy atom. The maximum absolute atomic E-state index is 5.26. The van der Waals surface area contributed by atoms with E-state index in [9.17, 15) is 0 Å². The van der Waals surface area contributed by atoms with Crippen LogP contribution in [-0.2, 0) is 0 Å². The van der Waals surface area contributed by atoms with E-state index >= 15 is 0 Å². The third-order valence-electron chi connectivity index (χ3n) is 1.78. The minimum Gasteiger partial charge on any atom is -0.496 e. The van der Waals surface area contributed by atoms with E-state index in [4.69, 9.17) is 4.74 Å². The number of halogens is 1. The van der Waals surface area contributed by atoms with E-state index in [0.29, 0.717) is 0 Å². The molecule has 0 amide bonds. The van der Waals surface area contributed by atoms with E-state index in [1.807, 2.05) is 18.2 Å². The van der Waals surface area contributed by atoms with Crippen LogP contribution in [0.5, 0.6) is 5.75 Å². The number of aryl methyl sites for hydroxylation is 1. The van der Waals surface area contributed by atoms with Gasteiger partial charge in [0.2, 0.25) is 0 Å². The van der Waals surface area contributed by atoms with Crippen LogP contribution in [0.1, 0.15) is 11.1 Å². The molecule has 0 unspecified atom stereocenters. The summed E-state index contributed by atoms with van der Waals surface area (Å²) in [5.41, 5.74) is 2.33. The Kier molecular flexibility index (Phi) is 4.03. The average molecular weight is 241 g/mol. The molecule has 70 valence electrons. The largest absolute Gasteiger partial charge is 0.496 e. The van der Waals surface area contributed by atoms with Crippen molar-refractivity contribution in [2.75, 3.05) is 12.4 Å². The molecule has 0 fully saturated rings. The molecule has 0 spiro atoms. The Balaban J connectivity index is 2.99. The molecule has 0 radical (unpaired) electrons. The molecule has 1 nitrogen and oxygen atoms in total. The van der Waals surface area contributed by atoms with Gasteiger partial charge in [-0.15, -0.1) is 0 Å². The van der Waals surface area contributed by atoms with Gasteiger partial charge in [0, 0.05) is 10.9 Å². The van der Waals surface area contributed by atoms with Gasteiger partial charge in [-0.2, -0.15) is 0 Å². The molecule has 0 atom stereocenters. The van der Waals surface area contributed by atoms with Crippen LogP contribution in [0.2, 0.25) is 0 Å². The Hall–Kier alpha value is -0.760. The molecule has 1 aromatic carbocycles. The third kappa shape index (κ3) is 2.88. The normalized spacial score (nSPS) is 10.7. The number of hydrogen-bond donors (Lipinski definition) is 0. The zero-order valence-corrected chi connectivity index (χ0v) is 9.47. The highest BCUT2D eigenvalue weighted by atomic mass is 79.9. The van der Waals surface area contributed by atoms with Gasteiger partial charge in [0.1, 0.15) is 5.75 Å². The van der Waals surface area contributed by atoms with Gasteiger partial charge in [0.25, 0.3) is 0 Å². The first-order valence-corrected chi connectivity index (χ1v) is 5.27. The van der Waals surface area contributed by atoms with Gasteiger partial charge >= 0.3 is 0 Å². The van der Waals surface area contributed by atoms with E-state index in [0.717, 1.165) is 16.6 Å². The van der Waals surface area contributed by atoms with Crippen LogP contribution in [0.15, 0.2) is 24.3 Å². The Morgan fingerprint density at radius 1 is 1.46 bits per heavy atom. The summed E-state index contributed by atoms with van der Waals surface area (Å²) >= 11 is 3.34. The summed E-state index contributed by atoms with van der Waals surface area (Å²) in [7, 11) is 1.69. The highest BCUT2D eigenvalue weighted by Gasteiger charge is 1.98. The quantitative estimate of drug-likeness (QED) is 0.737. The molecule has 13 heavy (non-hydrogen) atoms. The van der Waals surface area contributed by atoms with Crippen molar-refractivity contribution in [1.29, 1.82) is 0 Å². The minimum atomic E-state index is 0.865. The van der Waals surface area contributed by atoms with Gasteiger partial charge in [-0.3, -0.25) is 0 Å². The van der Waals surface area contributed by atoms with Gasteiger partial charge in [-0.05, 0) is 18.6 Å². The van der Waals surface area contributed by atoms with Gasteiger partial charge in [0.05, 0.1) is 7.11 Å². The molecule has 0 aromatic heterocycles. The molecule has 0 saturated heterocycles. The molecule has 0 aliphatic carbocycles. The van der Waals surface area contributed by atoms with Gasteiger partial charge < -0.3 is 4.74 Å². The Bertz CT molecular complexity index is 305. The number of ether oxygens (including phenoxy) is 1. The average Bonchev–Trinajstić information content (AvgIpc) is 2.16. The van der Waals surface area contributed by atoms with Gasteiger partial charge in [-0.25, -0.2) is 0 Å². The summed E-state index contributed by atoms with van der Waals surface area (Å²) in [4.78, 5) is 0. The van der Waals surface area contributed by atoms with Crippen LogP contribution < -0.4 is 4.74 Å². The molecule has 1 aromatic rings. The van der Waals surface area contributed by atoms with E-state index in [1.165, 1.54) is 5.56 Å². The fourth-order valence-electron chi connectivity index (χ4n) is 1.13. The highest BCUT2D eigenvalue weighted by Crippen LogP contribution is 2.21. The van der Waals surface area contributed by atoms with Crippen LogP contribution in [0, 0.1) is 6.92 Å². The lowest BCUT2D eigenvalue weighted by Crippen LogP contribution is -1.87. The number of rotatable bonds is 3. The van der Waals surface area contributed by atoms with Crippen molar-refractivity contribution in [3.63, 3.8) is 0 Å². The Labute approximate surface area is 87.5 Å². The lowest BCUT2D eigenvalue weighted by Gasteiger charge is -2.05. The molecule has 0 bridgehead atoms. The maximum atomic E-state index is 5.26. The van der Waals surface area contributed by atoms with Crippen molar-refractivity contribution in [3.05, 3.63) is 35.4 Å². The van der Waals surface area contributed by atoms with Crippen molar-refractivity contribution >= 4 is 22.0 Å². The monoisotopic (exact) mass is 240 g/mol. The maximum Gasteiger partial charge on any atom is 0.126 e. The van der Waals surface area contributed by atoms with Crippen molar-refractivity contribution in [2.24, 2.45) is 0 Å². The molecule has 0 aliphatic heterocycles. The van der Waals surface area contributed by atoms with E-state index in [2.05, 4.69) is 35.0 Å². The van der Waals surface area contributed by atoms with Crippen LogP contribution in [0.3, 0.4) is 0 Å². The van der Waals surface area contributed by atoms with Gasteiger partial charge in [0.15, 0.2) is 0 Å². The minimum absolute atomic E-state index is 0.865. The molecular formula is C11H13BrO. The predicted octanol–water partition coefficient (Wildman–Crippen LogP) is 3.41. The predicted molar refractivity (Wildman–Crippen MR) is 60.6 cm³/mol. The van der Waals surface area contributed by atoms with Crippen LogP contribution >= 0.6 is 15.9 Å². The lowest BCUT2D eigenvalue weighted by molar-refractivity contribution is 0.413. The van der Waals surface area contributed by atoms with E-state index in [1.54, 1.807) is 7.11 Å². The zero-order valence-electron chi connectivity index (χ0n) is 7.88. The number of benzene rings is 1. The summed E-state index contributed by atoms with van der Waals surface area (Å²) in [6.07, 6.45) is 4.10. The fraction of sp³-hybridized carbons (Fsp3) is 0.273. The third-order valence-corrected chi connectivity index (χ3v) is 2.15. The van der Waals surface area contributed by atoms with Crippen LogP contribution in [0.25, 0.3) is 6.08 Å². The molecule has 0 saturated carbocycles. The smallest absolute Gasteiger partial charge is 0.126 e. The summed E-state index contributed by atoms with van der Waals surface area (Å²) in [5.74, 6) is 0.928. The van der Waals surface area contributed by atoms with Gasteiger partial charge in [-0.1, -0.05) is 40.2 Å². The molecule has 0 aliphatic rings. The van der Waals surface area contributed by atoms with Crippen molar-refractivity contribution in [2.45, 2.75) is 6.92 Å². The first-order chi connectivity index (χ1) is 6.27. The molecule has 1 rings (SSSR count). The standard InChI is InChI=1S/C11H13BrO/c1-9-5-6-10(4-3-7-12)11(8-9)13-2/h3-6,8H,7H2,1-2H3. The number of allylic oxidation sites excluding steroid dienone is 1. The van der Waals surface area contributed by atoms with Crippen LogP contribution in [-0.4, -0.2) is 12.4 Å². The SMILES string of the molecule is COc1cc(C)ccc1C=CCBr. The summed E-state index contributed by atoms with van der Waals surface area (Å²) in [6, 6.07) is 6.18. The van der Waals surface area contributed by atoms with Crippen molar-refractivity contribution in [3.8, 4) is 5.75 Å². The molecule has 0 N–H and O–H groups in total. The number of alkyl halides is 1. The molecule has 2 heteroatoms. The first-order valence-electron chi connectivity index (χ1n) is 4.15. The fourth-order valence-corrected chi connectivity index (χ4v) is 1.31. The number of methoxy groups -OCH3 is 1. The van der Waals surface area contributed by atoms with Crippen LogP contribution in [0.4, 0.5) is 0 Å². The second kappa shape index (κ2) is 5.07. The first kappa shape index (κ1) is 10.3. The van der Waals surface area contributed by atoms with E-state index in [-0.39, 0.29) is 0 Å². The highest BCUT2D eigenvalue weighted by molar-refractivity contribution is 9.09. The topological polar surface area (TPSA) is 9.23 Å². The van der Waals surface area contributed by atoms with Crippen molar-refractivity contribution in [1.82, 2.24) is 0 Å². The number of hydrogen-bond acceptors (Lipinski definition) is 1. The molecule has 0 heterocycles. The second-order valence-electron chi connectivity index (χ2n) is 2.80. The Morgan fingerprint density at radius 3 is 2.85 bits per heavy atom. The zero-order chi connectivity index (χ0) is 9.68.